The third-order valence-electron chi connectivity index (χ3n) is 2.74. The van der Waals surface area contributed by atoms with E-state index in [0.29, 0.717) is 18.1 Å². The van der Waals surface area contributed by atoms with Gasteiger partial charge in [0, 0.05) is 19.6 Å². The molecule has 2 rings (SSSR count). The van der Waals surface area contributed by atoms with Crippen molar-refractivity contribution in [1.29, 1.82) is 0 Å². The number of nitrogens with one attached hydrogen (secondary N) is 1. The lowest BCUT2D eigenvalue weighted by Crippen LogP contribution is -2.37. The number of amidine groups is 1. The standard InChI is InChI=1S/C10H14F3N3OS.BrH/c11-10(12,13)6-16-5-2-7(8(16)17)18-9-14-3-1-4-15-9;/h7H,1-6H2,(H,14,15);1H. The topological polar surface area (TPSA) is 44.7 Å². The Morgan fingerprint density at radius 3 is 2.79 bits per heavy atom. The smallest absolute Gasteiger partial charge is 0.365 e. The molecule has 19 heavy (non-hydrogen) atoms. The van der Waals surface area contributed by atoms with Crippen molar-refractivity contribution in [3.63, 3.8) is 0 Å². The van der Waals surface area contributed by atoms with Crippen LogP contribution in [0.1, 0.15) is 12.8 Å². The minimum Gasteiger partial charge on any atom is -0.365 e. The molecule has 0 aromatic carbocycles. The van der Waals surface area contributed by atoms with Gasteiger partial charge in [0.1, 0.15) is 6.54 Å². The summed E-state index contributed by atoms with van der Waals surface area (Å²) in [6.07, 6.45) is -2.93. The molecule has 1 N–H and O–H groups in total. The Hall–Kier alpha value is -0.440. The van der Waals surface area contributed by atoms with Gasteiger partial charge in [-0.3, -0.25) is 9.79 Å². The molecule has 0 bridgehead atoms. The van der Waals surface area contributed by atoms with Crippen molar-refractivity contribution in [1.82, 2.24) is 10.2 Å². The molecular formula is C10H15BrF3N3OS. The van der Waals surface area contributed by atoms with E-state index in [-0.39, 0.29) is 23.5 Å². The highest BCUT2D eigenvalue weighted by molar-refractivity contribution is 8.93. The fourth-order valence-electron chi connectivity index (χ4n) is 1.92. The van der Waals surface area contributed by atoms with E-state index < -0.39 is 23.9 Å². The van der Waals surface area contributed by atoms with Crippen LogP contribution in [0.5, 0.6) is 0 Å². The lowest BCUT2D eigenvalue weighted by molar-refractivity contribution is -0.157. The van der Waals surface area contributed by atoms with Crippen LogP contribution in [-0.4, -0.2) is 53.6 Å². The predicted octanol–water partition coefficient (Wildman–Crippen LogP) is 1.81. The van der Waals surface area contributed by atoms with Crippen LogP contribution in [0, 0.1) is 0 Å². The van der Waals surface area contributed by atoms with E-state index in [9.17, 15) is 18.0 Å². The van der Waals surface area contributed by atoms with Crippen LogP contribution in [0.4, 0.5) is 13.2 Å². The Kier molecular flexibility index (Phi) is 5.97. The van der Waals surface area contributed by atoms with Crippen molar-refractivity contribution in [2.45, 2.75) is 24.3 Å². The first-order valence-electron chi connectivity index (χ1n) is 5.76. The molecule has 1 fully saturated rings. The fraction of sp³-hybridized carbons (Fsp3) is 0.800. The molecule has 0 aliphatic carbocycles. The van der Waals surface area contributed by atoms with Gasteiger partial charge in [-0.2, -0.15) is 13.2 Å². The summed E-state index contributed by atoms with van der Waals surface area (Å²) in [7, 11) is 0. The Morgan fingerprint density at radius 1 is 1.47 bits per heavy atom. The van der Waals surface area contributed by atoms with Crippen molar-refractivity contribution in [2.24, 2.45) is 4.99 Å². The summed E-state index contributed by atoms with van der Waals surface area (Å²) >= 11 is 1.25. The van der Waals surface area contributed by atoms with Crippen LogP contribution in [0.2, 0.25) is 0 Å². The third kappa shape index (κ3) is 4.87. The van der Waals surface area contributed by atoms with Gasteiger partial charge in [0.05, 0.1) is 5.25 Å². The van der Waals surface area contributed by atoms with Crippen LogP contribution in [-0.2, 0) is 4.79 Å². The zero-order valence-electron chi connectivity index (χ0n) is 10.1. The molecule has 4 nitrogen and oxygen atoms in total. The average Bonchev–Trinajstić information content (AvgIpc) is 2.61. The van der Waals surface area contributed by atoms with Crippen LogP contribution >= 0.6 is 28.7 Å². The van der Waals surface area contributed by atoms with Gasteiger partial charge in [0.15, 0.2) is 5.17 Å². The molecule has 2 aliphatic rings. The van der Waals surface area contributed by atoms with Gasteiger partial charge in [-0.15, -0.1) is 17.0 Å². The van der Waals surface area contributed by atoms with Gasteiger partial charge in [-0.1, -0.05) is 11.8 Å². The van der Waals surface area contributed by atoms with Gasteiger partial charge in [-0.05, 0) is 12.8 Å². The number of amides is 1. The Labute approximate surface area is 124 Å². The molecule has 1 saturated heterocycles. The minimum absolute atomic E-state index is 0. The van der Waals surface area contributed by atoms with E-state index in [1.165, 1.54) is 11.8 Å². The van der Waals surface area contributed by atoms with E-state index in [2.05, 4.69) is 10.3 Å². The number of rotatable bonds is 2. The maximum atomic E-state index is 12.2. The summed E-state index contributed by atoms with van der Waals surface area (Å²) in [5.41, 5.74) is 0. The molecule has 9 heteroatoms. The number of likely N-dealkylation sites (tertiary alicyclic amines) is 1. The molecule has 2 aliphatic heterocycles. The quantitative estimate of drug-likeness (QED) is 0.815. The second kappa shape index (κ2) is 6.83. The summed E-state index contributed by atoms with van der Waals surface area (Å²) < 4.78 is 36.7. The third-order valence-corrected chi connectivity index (χ3v) is 3.96. The van der Waals surface area contributed by atoms with Gasteiger partial charge in [0.25, 0.3) is 0 Å². The van der Waals surface area contributed by atoms with E-state index in [0.717, 1.165) is 17.9 Å². The van der Waals surface area contributed by atoms with Crippen molar-refractivity contribution in [2.75, 3.05) is 26.2 Å². The maximum absolute atomic E-state index is 12.2. The van der Waals surface area contributed by atoms with Crippen molar-refractivity contribution >= 4 is 39.8 Å². The first kappa shape index (κ1) is 16.6. The molecule has 2 heterocycles. The number of aliphatic imine (C=N–C) groups is 1. The molecular weight excluding hydrogens is 347 g/mol. The van der Waals surface area contributed by atoms with Gasteiger partial charge in [0.2, 0.25) is 5.91 Å². The van der Waals surface area contributed by atoms with E-state index in [1.807, 2.05) is 0 Å². The largest absolute Gasteiger partial charge is 0.406 e. The second-order valence-electron chi connectivity index (χ2n) is 4.24. The van der Waals surface area contributed by atoms with Gasteiger partial charge in [-0.25, -0.2) is 0 Å². The van der Waals surface area contributed by atoms with Gasteiger partial charge >= 0.3 is 6.18 Å². The first-order valence-corrected chi connectivity index (χ1v) is 6.64. The van der Waals surface area contributed by atoms with Crippen LogP contribution in [0.25, 0.3) is 0 Å². The fourth-order valence-corrected chi connectivity index (χ4v) is 3.01. The SMILES string of the molecule is Br.O=C1C(SC2=NCCCN2)CCN1CC(F)(F)F. The average molecular weight is 362 g/mol. The zero-order chi connectivity index (χ0) is 13.2. The number of nitrogens with zero attached hydrogens (tertiary/aromatic N) is 2. The summed E-state index contributed by atoms with van der Waals surface area (Å²) in [6.45, 7) is 0.535. The number of hydrogen-bond acceptors (Lipinski definition) is 4. The highest BCUT2D eigenvalue weighted by Crippen LogP contribution is 2.28. The minimum atomic E-state index is -4.32. The number of halogens is 4. The second-order valence-corrected chi connectivity index (χ2v) is 5.43. The summed E-state index contributed by atoms with van der Waals surface area (Å²) in [5.74, 6) is -0.438. The molecule has 0 radical (unpaired) electrons. The highest BCUT2D eigenvalue weighted by atomic mass is 79.9. The summed E-state index contributed by atoms with van der Waals surface area (Å²) in [6, 6.07) is 0. The number of carbonyl (C=O) groups excluding carboxylic acids is 1. The monoisotopic (exact) mass is 361 g/mol. The number of alkyl halides is 3. The van der Waals surface area contributed by atoms with Crippen LogP contribution < -0.4 is 5.32 Å². The molecule has 0 aromatic rings. The van der Waals surface area contributed by atoms with Crippen LogP contribution in [0.15, 0.2) is 4.99 Å². The molecule has 0 spiro atoms. The van der Waals surface area contributed by atoms with Crippen molar-refractivity contribution in [3.05, 3.63) is 0 Å². The first-order chi connectivity index (χ1) is 8.46. The predicted molar refractivity (Wildman–Crippen MR) is 73.9 cm³/mol. The number of carbonyl (C=O) groups is 1. The maximum Gasteiger partial charge on any atom is 0.406 e. The number of thioether (sulfide) groups is 1. The molecule has 1 unspecified atom stereocenters. The molecule has 1 amide bonds. The molecule has 0 aromatic heterocycles. The summed E-state index contributed by atoms with van der Waals surface area (Å²) in [5, 5.41) is 3.29. The van der Waals surface area contributed by atoms with E-state index in [4.69, 9.17) is 0 Å². The lowest BCUT2D eigenvalue weighted by Gasteiger charge is -2.19. The molecule has 0 saturated carbocycles. The van der Waals surface area contributed by atoms with Gasteiger partial charge < -0.3 is 10.2 Å². The Bertz CT molecular complexity index is 364. The Morgan fingerprint density at radius 2 is 2.21 bits per heavy atom. The van der Waals surface area contributed by atoms with E-state index >= 15 is 0 Å². The molecule has 110 valence electrons. The number of hydrogen-bond donors (Lipinski definition) is 1. The van der Waals surface area contributed by atoms with Crippen molar-refractivity contribution in [3.8, 4) is 0 Å². The highest BCUT2D eigenvalue weighted by Gasteiger charge is 2.40. The zero-order valence-corrected chi connectivity index (χ0v) is 12.6. The van der Waals surface area contributed by atoms with Crippen LogP contribution in [0.3, 0.4) is 0 Å². The molecule has 1 atom stereocenters. The summed E-state index contributed by atoms with van der Waals surface area (Å²) in [4.78, 5) is 16.9. The Balaban J connectivity index is 0.00000180. The normalized spacial score (nSPS) is 23.7. The lowest BCUT2D eigenvalue weighted by atomic mass is 10.4. The van der Waals surface area contributed by atoms with Crippen molar-refractivity contribution < 1.29 is 18.0 Å². The van der Waals surface area contributed by atoms with E-state index in [1.54, 1.807) is 0 Å².